The van der Waals surface area contributed by atoms with Crippen molar-refractivity contribution in [2.24, 2.45) is 0 Å². The van der Waals surface area contributed by atoms with E-state index in [9.17, 15) is 0 Å². The first-order valence-electron chi connectivity index (χ1n) is 7.32. The molecule has 1 aliphatic heterocycles. The van der Waals surface area contributed by atoms with Crippen LogP contribution >= 0.6 is 0 Å². The molecule has 0 radical (unpaired) electrons. The molecule has 0 aliphatic carbocycles. The van der Waals surface area contributed by atoms with E-state index in [1.54, 1.807) is 7.11 Å². The van der Waals surface area contributed by atoms with E-state index in [4.69, 9.17) is 4.74 Å². The smallest absolute Gasteiger partial charge is 0.0674 e. The van der Waals surface area contributed by atoms with Gasteiger partial charge in [-0.15, -0.1) is 0 Å². The molecule has 20 heavy (non-hydrogen) atoms. The van der Waals surface area contributed by atoms with Crippen LogP contribution in [0.4, 0.5) is 5.69 Å². The summed E-state index contributed by atoms with van der Waals surface area (Å²) in [6, 6.07) is 2.20. The van der Waals surface area contributed by atoms with Gasteiger partial charge in [0, 0.05) is 49.9 Å². The summed E-state index contributed by atoms with van der Waals surface area (Å²) in [5, 5.41) is 3.39. The Morgan fingerprint density at radius 2 is 2.30 bits per heavy atom. The van der Waals surface area contributed by atoms with E-state index >= 15 is 0 Å². The summed E-state index contributed by atoms with van der Waals surface area (Å²) in [4.78, 5) is 6.86. The van der Waals surface area contributed by atoms with Gasteiger partial charge in [-0.25, -0.2) is 0 Å². The number of anilines is 1. The lowest BCUT2D eigenvalue weighted by Crippen LogP contribution is -2.31. The Balaban J connectivity index is 2.13. The molecule has 0 bridgehead atoms. The standard InChI is InChI=1S/C16H25N3O/c1-4-17-10-15-11-18-13(2)9-16(15)19-7-5-14(6-8-19)12-20-3/h5,9,11,17H,4,6-8,10,12H2,1-3H3. The Bertz CT molecular complexity index is 471. The molecule has 0 saturated heterocycles. The van der Waals surface area contributed by atoms with Gasteiger partial charge < -0.3 is 15.0 Å². The van der Waals surface area contributed by atoms with Crippen LogP contribution in [0.25, 0.3) is 0 Å². The fourth-order valence-electron chi connectivity index (χ4n) is 2.51. The molecule has 110 valence electrons. The monoisotopic (exact) mass is 275 g/mol. The molecular formula is C16H25N3O. The minimum atomic E-state index is 0.757. The summed E-state index contributed by atoms with van der Waals surface area (Å²) in [7, 11) is 1.76. The molecule has 0 spiro atoms. The number of methoxy groups -OCH3 is 1. The molecule has 2 rings (SSSR count). The Hall–Kier alpha value is -1.39. The van der Waals surface area contributed by atoms with Crippen LogP contribution in [-0.2, 0) is 11.3 Å². The number of hydrogen-bond donors (Lipinski definition) is 1. The zero-order valence-electron chi connectivity index (χ0n) is 12.8. The second-order valence-electron chi connectivity index (χ2n) is 5.23. The van der Waals surface area contributed by atoms with Crippen molar-refractivity contribution in [2.45, 2.75) is 26.8 Å². The number of aryl methyl sites for hydroxylation is 1. The third-order valence-corrected chi connectivity index (χ3v) is 3.64. The third-order valence-electron chi connectivity index (χ3n) is 3.64. The van der Waals surface area contributed by atoms with Gasteiger partial charge in [0.25, 0.3) is 0 Å². The van der Waals surface area contributed by atoms with E-state index in [1.807, 2.05) is 6.20 Å². The molecule has 1 N–H and O–H groups in total. The number of hydrogen-bond acceptors (Lipinski definition) is 4. The molecule has 1 aromatic rings. The van der Waals surface area contributed by atoms with Crippen LogP contribution in [0.2, 0.25) is 0 Å². The zero-order chi connectivity index (χ0) is 14.4. The van der Waals surface area contributed by atoms with Crippen LogP contribution in [-0.4, -0.2) is 38.3 Å². The van der Waals surface area contributed by atoms with Crippen LogP contribution in [0, 0.1) is 6.92 Å². The Morgan fingerprint density at radius 3 is 2.95 bits per heavy atom. The van der Waals surface area contributed by atoms with Crippen molar-refractivity contribution >= 4 is 5.69 Å². The maximum Gasteiger partial charge on any atom is 0.0674 e. The number of nitrogens with one attached hydrogen (secondary N) is 1. The highest BCUT2D eigenvalue weighted by Crippen LogP contribution is 2.24. The molecule has 0 aromatic carbocycles. The molecule has 0 amide bonds. The van der Waals surface area contributed by atoms with Gasteiger partial charge in [-0.3, -0.25) is 4.98 Å². The molecule has 2 heterocycles. The van der Waals surface area contributed by atoms with Gasteiger partial charge in [-0.05, 0) is 31.5 Å². The Kier molecular flexibility index (Phi) is 5.56. The fourth-order valence-corrected chi connectivity index (χ4v) is 2.51. The molecule has 4 nitrogen and oxygen atoms in total. The summed E-state index contributed by atoms with van der Waals surface area (Å²) in [5.74, 6) is 0. The lowest BCUT2D eigenvalue weighted by molar-refractivity contribution is 0.222. The molecule has 1 aliphatic rings. The van der Waals surface area contributed by atoms with Gasteiger partial charge in [-0.2, -0.15) is 0 Å². The summed E-state index contributed by atoms with van der Waals surface area (Å²) in [6.45, 7) is 8.81. The van der Waals surface area contributed by atoms with Crippen LogP contribution < -0.4 is 10.2 Å². The first-order valence-corrected chi connectivity index (χ1v) is 7.32. The number of ether oxygens (including phenoxy) is 1. The topological polar surface area (TPSA) is 37.4 Å². The molecule has 0 atom stereocenters. The molecule has 0 unspecified atom stereocenters. The molecule has 4 heteroatoms. The van der Waals surface area contributed by atoms with Crippen LogP contribution in [0.15, 0.2) is 23.9 Å². The summed E-state index contributed by atoms with van der Waals surface area (Å²) >= 11 is 0. The predicted molar refractivity (Wildman–Crippen MR) is 83.1 cm³/mol. The van der Waals surface area contributed by atoms with E-state index in [0.29, 0.717) is 0 Å². The number of rotatable bonds is 6. The van der Waals surface area contributed by atoms with Crippen molar-refractivity contribution in [2.75, 3.05) is 38.3 Å². The van der Waals surface area contributed by atoms with Gasteiger partial charge in [0.15, 0.2) is 0 Å². The SMILES string of the molecule is CCNCc1cnc(C)cc1N1CC=C(COC)CC1. The van der Waals surface area contributed by atoms with Gasteiger partial charge in [0.05, 0.1) is 6.61 Å². The van der Waals surface area contributed by atoms with E-state index in [0.717, 1.165) is 44.9 Å². The van der Waals surface area contributed by atoms with Crippen LogP contribution in [0.5, 0.6) is 0 Å². The Labute approximate surface area is 121 Å². The highest BCUT2D eigenvalue weighted by Gasteiger charge is 2.15. The molecule has 1 aromatic heterocycles. The lowest BCUT2D eigenvalue weighted by atomic mass is 10.1. The number of nitrogens with zero attached hydrogens (tertiary/aromatic N) is 2. The van der Waals surface area contributed by atoms with Crippen LogP contribution in [0.3, 0.4) is 0 Å². The molecule has 0 fully saturated rings. The summed E-state index contributed by atoms with van der Waals surface area (Å²) < 4.78 is 5.21. The second-order valence-corrected chi connectivity index (χ2v) is 5.23. The average Bonchev–Trinajstić information content (AvgIpc) is 2.47. The average molecular weight is 275 g/mol. The van der Waals surface area contributed by atoms with Gasteiger partial charge in [-0.1, -0.05) is 13.0 Å². The molecular weight excluding hydrogens is 250 g/mol. The van der Waals surface area contributed by atoms with E-state index in [-0.39, 0.29) is 0 Å². The van der Waals surface area contributed by atoms with Crippen molar-refractivity contribution in [3.05, 3.63) is 35.2 Å². The van der Waals surface area contributed by atoms with Crippen molar-refractivity contribution < 1.29 is 4.74 Å². The fraction of sp³-hybridized carbons (Fsp3) is 0.562. The zero-order valence-corrected chi connectivity index (χ0v) is 12.8. The summed E-state index contributed by atoms with van der Waals surface area (Å²) in [6.07, 6.45) is 5.37. The minimum Gasteiger partial charge on any atom is -0.380 e. The van der Waals surface area contributed by atoms with Crippen LogP contribution in [0.1, 0.15) is 24.6 Å². The second kappa shape index (κ2) is 7.41. The van der Waals surface area contributed by atoms with Crippen molar-refractivity contribution in [1.29, 1.82) is 0 Å². The predicted octanol–water partition coefficient (Wildman–Crippen LogP) is 2.28. The number of aromatic nitrogens is 1. The highest BCUT2D eigenvalue weighted by molar-refractivity contribution is 5.55. The van der Waals surface area contributed by atoms with E-state index < -0.39 is 0 Å². The number of pyridine rings is 1. The van der Waals surface area contributed by atoms with Crippen molar-refractivity contribution in [3.63, 3.8) is 0 Å². The quantitative estimate of drug-likeness (QED) is 0.808. The van der Waals surface area contributed by atoms with E-state index in [1.165, 1.54) is 16.8 Å². The van der Waals surface area contributed by atoms with Crippen molar-refractivity contribution in [3.8, 4) is 0 Å². The first-order chi connectivity index (χ1) is 9.74. The van der Waals surface area contributed by atoms with Gasteiger partial charge in [0.2, 0.25) is 0 Å². The van der Waals surface area contributed by atoms with Gasteiger partial charge >= 0.3 is 0 Å². The van der Waals surface area contributed by atoms with E-state index in [2.05, 4.69) is 41.2 Å². The highest BCUT2D eigenvalue weighted by atomic mass is 16.5. The van der Waals surface area contributed by atoms with Crippen molar-refractivity contribution in [1.82, 2.24) is 10.3 Å². The molecule has 0 saturated carbocycles. The maximum absolute atomic E-state index is 5.21. The minimum absolute atomic E-state index is 0.757. The van der Waals surface area contributed by atoms with Gasteiger partial charge in [0.1, 0.15) is 0 Å². The lowest BCUT2D eigenvalue weighted by Gasteiger charge is -2.30. The normalized spacial score (nSPS) is 15.3. The largest absolute Gasteiger partial charge is 0.380 e. The summed E-state index contributed by atoms with van der Waals surface area (Å²) in [5.41, 5.74) is 5.07. The third kappa shape index (κ3) is 3.81. The maximum atomic E-state index is 5.21. The first kappa shape index (κ1) is 15.0. The Morgan fingerprint density at radius 1 is 1.45 bits per heavy atom.